The molecule has 2 aromatic rings. The van der Waals surface area contributed by atoms with Gasteiger partial charge < -0.3 is 11.1 Å². The van der Waals surface area contributed by atoms with E-state index in [2.05, 4.69) is 15.5 Å². The van der Waals surface area contributed by atoms with Crippen LogP contribution in [0.4, 0.5) is 0 Å². The van der Waals surface area contributed by atoms with Crippen molar-refractivity contribution in [3.05, 3.63) is 30.0 Å². The van der Waals surface area contributed by atoms with Crippen LogP contribution >= 0.6 is 0 Å². The lowest BCUT2D eigenvalue weighted by atomic mass is 9.91. The van der Waals surface area contributed by atoms with Crippen molar-refractivity contribution < 1.29 is 4.79 Å². The second kappa shape index (κ2) is 5.01. The zero-order valence-corrected chi connectivity index (χ0v) is 10.7. The SMILES string of the molecule is N[C@H]1CCCC[C@H]1NC(=O)c1ccc2[nH]ncc2c1. The number of nitrogens with one attached hydrogen (secondary N) is 2. The van der Waals surface area contributed by atoms with E-state index in [9.17, 15) is 4.79 Å². The van der Waals surface area contributed by atoms with Crippen LogP contribution in [0.1, 0.15) is 36.0 Å². The van der Waals surface area contributed by atoms with E-state index in [1.165, 1.54) is 0 Å². The van der Waals surface area contributed by atoms with Crippen LogP contribution in [0, 0.1) is 0 Å². The van der Waals surface area contributed by atoms with Crippen molar-refractivity contribution in [2.24, 2.45) is 5.73 Å². The van der Waals surface area contributed by atoms with Gasteiger partial charge in [0.1, 0.15) is 0 Å². The Morgan fingerprint density at radius 1 is 1.37 bits per heavy atom. The molecule has 4 N–H and O–H groups in total. The molecule has 0 radical (unpaired) electrons. The number of H-pyrrole nitrogens is 1. The number of aromatic nitrogens is 2. The molecule has 0 aliphatic heterocycles. The quantitative estimate of drug-likeness (QED) is 0.764. The van der Waals surface area contributed by atoms with E-state index in [1.54, 1.807) is 6.20 Å². The average molecular weight is 258 g/mol. The first kappa shape index (κ1) is 12.2. The van der Waals surface area contributed by atoms with E-state index < -0.39 is 0 Å². The summed E-state index contributed by atoms with van der Waals surface area (Å²) in [7, 11) is 0. The van der Waals surface area contributed by atoms with Crippen LogP contribution in [-0.4, -0.2) is 28.2 Å². The third kappa shape index (κ3) is 2.46. The molecular formula is C14H18N4O. The lowest BCUT2D eigenvalue weighted by Crippen LogP contribution is -2.49. The largest absolute Gasteiger partial charge is 0.348 e. The highest BCUT2D eigenvalue weighted by Crippen LogP contribution is 2.18. The Balaban J connectivity index is 1.75. The minimum atomic E-state index is -0.0505. The molecule has 5 heteroatoms. The Morgan fingerprint density at radius 3 is 3.05 bits per heavy atom. The van der Waals surface area contributed by atoms with Gasteiger partial charge in [0.05, 0.1) is 11.7 Å². The lowest BCUT2D eigenvalue weighted by molar-refractivity contribution is 0.0921. The molecule has 1 aromatic heterocycles. The molecule has 5 nitrogen and oxygen atoms in total. The number of rotatable bonds is 2. The summed E-state index contributed by atoms with van der Waals surface area (Å²) >= 11 is 0. The van der Waals surface area contributed by atoms with E-state index in [1.807, 2.05) is 18.2 Å². The minimum absolute atomic E-state index is 0.0505. The van der Waals surface area contributed by atoms with E-state index in [4.69, 9.17) is 5.73 Å². The molecule has 0 unspecified atom stereocenters. The topological polar surface area (TPSA) is 83.8 Å². The molecule has 1 heterocycles. The monoisotopic (exact) mass is 258 g/mol. The van der Waals surface area contributed by atoms with Gasteiger partial charge in [0, 0.05) is 23.0 Å². The number of benzene rings is 1. The third-order valence-electron chi connectivity index (χ3n) is 3.84. The number of carbonyl (C=O) groups excluding carboxylic acids is 1. The molecule has 0 saturated heterocycles. The smallest absolute Gasteiger partial charge is 0.251 e. The predicted octanol–water partition coefficient (Wildman–Crippen LogP) is 1.56. The molecule has 0 bridgehead atoms. The summed E-state index contributed by atoms with van der Waals surface area (Å²) in [6.45, 7) is 0. The van der Waals surface area contributed by atoms with Crippen LogP contribution in [0.5, 0.6) is 0 Å². The Hall–Kier alpha value is -1.88. The standard InChI is InChI=1S/C14H18N4O/c15-11-3-1-2-4-13(11)17-14(19)9-5-6-12-10(7-9)8-16-18-12/h5-8,11,13H,1-4,15H2,(H,16,18)(H,17,19)/t11-,13+/m0/s1. The van der Waals surface area contributed by atoms with E-state index in [0.29, 0.717) is 5.56 Å². The van der Waals surface area contributed by atoms with Gasteiger partial charge in [-0.3, -0.25) is 9.89 Å². The van der Waals surface area contributed by atoms with Crippen LogP contribution in [0.25, 0.3) is 10.9 Å². The van der Waals surface area contributed by atoms with Crippen LogP contribution in [0.3, 0.4) is 0 Å². The van der Waals surface area contributed by atoms with Crippen molar-refractivity contribution in [3.63, 3.8) is 0 Å². The summed E-state index contributed by atoms with van der Waals surface area (Å²) < 4.78 is 0. The highest BCUT2D eigenvalue weighted by molar-refractivity contribution is 5.98. The molecule has 2 atom stereocenters. The number of nitrogens with two attached hydrogens (primary N) is 1. The number of hydrogen-bond acceptors (Lipinski definition) is 3. The summed E-state index contributed by atoms with van der Waals surface area (Å²) in [6.07, 6.45) is 5.99. The van der Waals surface area contributed by atoms with E-state index in [0.717, 1.165) is 36.6 Å². The first-order valence-electron chi connectivity index (χ1n) is 6.73. The van der Waals surface area contributed by atoms with Gasteiger partial charge in [-0.2, -0.15) is 5.10 Å². The fourth-order valence-corrected chi connectivity index (χ4v) is 2.67. The molecule has 1 amide bonds. The van der Waals surface area contributed by atoms with Crippen molar-refractivity contribution in [2.45, 2.75) is 37.8 Å². The van der Waals surface area contributed by atoms with Crippen molar-refractivity contribution >= 4 is 16.8 Å². The number of nitrogens with zero attached hydrogens (tertiary/aromatic N) is 1. The Bertz CT molecular complexity index is 592. The van der Waals surface area contributed by atoms with Crippen molar-refractivity contribution in [3.8, 4) is 0 Å². The summed E-state index contributed by atoms with van der Waals surface area (Å²) in [5.41, 5.74) is 7.64. The van der Waals surface area contributed by atoms with Gasteiger partial charge in [0.25, 0.3) is 5.91 Å². The lowest BCUT2D eigenvalue weighted by Gasteiger charge is -2.29. The fourth-order valence-electron chi connectivity index (χ4n) is 2.67. The highest BCUT2D eigenvalue weighted by Gasteiger charge is 2.23. The van der Waals surface area contributed by atoms with Gasteiger partial charge in [-0.25, -0.2) is 0 Å². The van der Waals surface area contributed by atoms with E-state index >= 15 is 0 Å². The zero-order valence-electron chi connectivity index (χ0n) is 10.7. The van der Waals surface area contributed by atoms with Crippen molar-refractivity contribution in [1.82, 2.24) is 15.5 Å². The molecule has 1 aliphatic carbocycles. The van der Waals surface area contributed by atoms with Gasteiger partial charge in [-0.15, -0.1) is 0 Å². The van der Waals surface area contributed by atoms with Gasteiger partial charge in [0.2, 0.25) is 0 Å². The van der Waals surface area contributed by atoms with Gasteiger partial charge in [0.15, 0.2) is 0 Å². The molecule has 1 saturated carbocycles. The molecule has 3 rings (SSSR count). The van der Waals surface area contributed by atoms with Crippen molar-refractivity contribution in [1.29, 1.82) is 0 Å². The second-order valence-electron chi connectivity index (χ2n) is 5.20. The molecule has 1 fully saturated rings. The number of hydrogen-bond donors (Lipinski definition) is 3. The Kier molecular flexibility index (Phi) is 3.21. The van der Waals surface area contributed by atoms with Crippen LogP contribution < -0.4 is 11.1 Å². The van der Waals surface area contributed by atoms with E-state index in [-0.39, 0.29) is 18.0 Å². The van der Waals surface area contributed by atoms with Crippen molar-refractivity contribution in [2.75, 3.05) is 0 Å². The fraction of sp³-hybridized carbons (Fsp3) is 0.429. The maximum absolute atomic E-state index is 12.2. The normalized spacial score (nSPS) is 23.4. The molecule has 0 spiro atoms. The summed E-state index contributed by atoms with van der Waals surface area (Å²) in [6, 6.07) is 5.71. The van der Waals surface area contributed by atoms with Crippen LogP contribution in [0.2, 0.25) is 0 Å². The second-order valence-corrected chi connectivity index (χ2v) is 5.20. The molecule has 19 heavy (non-hydrogen) atoms. The van der Waals surface area contributed by atoms with Gasteiger partial charge >= 0.3 is 0 Å². The Labute approximate surface area is 111 Å². The number of amides is 1. The molecule has 1 aromatic carbocycles. The van der Waals surface area contributed by atoms with Crippen LogP contribution in [-0.2, 0) is 0 Å². The number of carbonyl (C=O) groups is 1. The first-order chi connectivity index (χ1) is 9.24. The van der Waals surface area contributed by atoms with Gasteiger partial charge in [-0.05, 0) is 31.0 Å². The predicted molar refractivity (Wildman–Crippen MR) is 73.8 cm³/mol. The number of fused-ring (bicyclic) bond motifs is 1. The molecular weight excluding hydrogens is 240 g/mol. The number of aromatic amines is 1. The van der Waals surface area contributed by atoms with Gasteiger partial charge in [-0.1, -0.05) is 12.8 Å². The third-order valence-corrected chi connectivity index (χ3v) is 3.84. The Morgan fingerprint density at radius 2 is 2.21 bits per heavy atom. The summed E-state index contributed by atoms with van der Waals surface area (Å²) in [5.74, 6) is -0.0505. The maximum atomic E-state index is 12.2. The zero-order chi connectivity index (χ0) is 13.2. The minimum Gasteiger partial charge on any atom is -0.348 e. The molecule has 100 valence electrons. The maximum Gasteiger partial charge on any atom is 0.251 e. The van der Waals surface area contributed by atoms with Crippen LogP contribution in [0.15, 0.2) is 24.4 Å². The molecule has 1 aliphatic rings. The highest BCUT2D eigenvalue weighted by atomic mass is 16.1. The summed E-state index contributed by atoms with van der Waals surface area (Å²) in [5, 5.41) is 10.8. The average Bonchev–Trinajstić information content (AvgIpc) is 2.88. The summed E-state index contributed by atoms with van der Waals surface area (Å²) in [4.78, 5) is 12.2. The first-order valence-corrected chi connectivity index (χ1v) is 6.73.